The van der Waals surface area contributed by atoms with E-state index in [0.717, 1.165) is 6.54 Å². The first-order chi connectivity index (χ1) is 7.82. The minimum Gasteiger partial charge on any atom is -0.397 e. The van der Waals surface area contributed by atoms with E-state index in [1.807, 2.05) is 25.8 Å². The summed E-state index contributed by atoms with van der Waals surface area (Å²) in [6, 6.07) is 1.93. The van der Waals surface area contributed by atoms with Gasteiger partial charge in [-0.15, -0.1) is 0 Å². The van der Waals surface area contributed by atoms with Crippen LogP contribution in [0.5, 0.6) is 0 Å². The van der Waals surface area contributed by atoms with E-state index in [2.05, 4.69) is 13.8 Å². The number of nitrogens with zero attached hydrogens (tertiary/aromatic N) is 2. The molecule has 96 valence electrons. The molecule has 0 aromatic carbocycles. The van der Waals surface area contributed by atoms with E-state index >= 15 is 0 Å². The van der Waals surface area contributed by atoms with E-state index in [4.69, 9.17) is 5.73 Å². The number of hydrogen-bond acceptors (Lipinski definition) is 2. The van der Waals surface area contributed by atoms with Gasteiger partial charge in [0.2, 0.25) is 0 Å². The quantitative estimate of drug-likeness (QED) is 0.872. The van der Waals surface area contributed by atoms with E-state index in [0.29, 0.717) is 17.3 Å². The lowest BCUT2D eigenvalue weighted by Crippen LogP contribution is -2.40. The molecule has 1 rings (SSSR count). The Kier molecular flexibility index (Phi) is 4.21. The second kappa shape index (κ2) is 5.25. The molecule has 0 saturated heterocycles. The van der Waals surface area contributed by atoms with Crippen molar-refractivity contribution < 1.29 is 4.79 Å². The Morgan fingerprint density at radius 1 is 1.41 bits per heavy atom. The molecule has 0 aliphatic carbocycles. The lowest BCUT2D eigenvalue weighted by Gasteiger charge is -2.28. The summed E-state index contributed by atoms with van der Waals surface area (Å²) in [5.74, 6) is 0.506. The summed E-state index contributed by atoms with van der Waals surface area (Å²) in [5.41, 5.74) is 6.98. The van der Waals surface area contributed by atoms with Gasteiger partial charge in [-0.05, 0) is 25.8 Å². The molecular weight excluding hydrogens is 214 g/mol. The monoisotopic (exact) mass is 237 g/mol. The fourth-order valence-corrected chi connectivity index (χ4v) is 1.87. The van der Waals surface area contributed by atoms with Crippen LogP contribution in [0.15, 0.2) is 12.3 Å². The molecule has 1 aromatic heterocycles. The minimum atomic E-state index is 0.0490. The SMILES string of the molecule is CC(C)CN(C(=O)c1cc(N)cn1C)C(C)C. The molecule has 0 unspecified atom stereocenters. The van der Waals surface area contributed by atoms with Crippen LogP contribution in [0, 0.1) is 5.92 Å². The van der Waals surface area contributed by atoms with Crippen LogP contribution in [0.1, 0.15) is 38.2 Å². The first-order valence-electron chi connectivity index (χ1n) is 6.05. The van der Waals surface area contributed by atoms with Crippen molar-refractivity contribution in [2.75, 3.05) is 12.3 Å². The molecule has 2 N–H and O–H groups in total. The van der Waals surface area contributed by atoms with Crippen LogP contribution in [0.3, 0.4) is 0 Å². The van der Waals surface area contributed by atoms with Crippen molar-refractivity contribution in [1.82, 2.24) is 9.47 Å². The zero-order valence-electron chi connectivity index (χ0n) is 11.4. The summed E-state index contributed by atoms with van der Waals surface area (Å²) < 4.78 is 1.79. The highest BCUT2D eigenvalue weighted by Crippen LogP contribution is 2.14. The van der Waals surface area contributed by atoms with Gasteiger partial charge in [0.1, 0.15) is 5.69 Å². The summed E-state index contributed by atoms with van der Waals surface area (Å²) in [4.78, 5) is 14.3. The van der Waals surface area contributed by atoms with E-state index < -0.39 is 0 Å². The van der Waals surface area contributed by atoms with Gasteiger partial charge in [0.15, 0.2) is 0 Å². The fraction of sp³-hybridized carbons (Fsp3) is 0.615. The molecule has 0 aliphatic heterocycles. The Labute approximate surface area is 103 Å². The summed E-state index contributed by atoms with van der Waals surface area (Å²) in [7, 11) is 1.84. The molecule has 4 nitrogen and oxygen atoms in total. The van der Waals surface area contributed by atoms with Crippen molar-refractivity contribution in [3.63, 3.8) is 0 Å². The number of aryl methyl sites for hydroxylation is 1. The molecule has 0 atom stereocenters. The van der Waals surface area contributed by atoms with Crippen LogP contribution in [0.4, 0.5) is 5.69 Å². The maximum absolute atomic E-state index is 12.4. The van der Waals surface area contributed by atoms with Crippen LogP contribution in [-0.2, 0) is 7.05 Å². The first kappa shape index (κ1) is 13.6. The minimum absolute atomic E-state index is 0.0490. The molecule has 0 aliphatic rings. The number of carbonyl (C=O) groups excluding carboxylic acids is 1. The summed E-state index contributed by atoms with van der Waals surface area (Å²) in [5, 5.41) is 0. The fourth-order valence-electron chi connectivity index (χ4n) is 1.87. The van der Waals surface area contributed by atoms with E-state index in [9.17, 15) is 4.79 Å². The van der Waals surface area contributed by atoms with Gasteiger partial charge in [-0.25, -0.2) is 0 Å². The third kappa shape index (κ3) is 3.25. The molecule has 1 amide bonds. The van der Waals surface area contributed by atoms with Crippen LogP contribution in [0.25, 0.3) is 0 Å². The smallest absolute Gasteiger partial charge is 0.270 e. The zero-order valence-corrected chi connectivity index (χ0v) is 11.4. The van der Waals surface area contributed by atoms with Crippen LogP contribution in [-0.4, -0.2) is 28.0 Å². The van der Waals surface area contributed by atoms with Gasteiger partial charge in [0.25, 0.3) is 5.91 Å². The number of anilines is 1. The van der Waals surface area contributed by atoms with Crippen molar-refractivity contribution in [2.24, 2.45) is 13.0 Å². The first-order valence-corrected chi connectivity index (χ1v) is 6.05. The number of nitrogen functional groups attached to an aromatic ring is 1. The number of aromatic nitrogens is 1. The second-order valence-electron chi connectivity index (χ2n) is 5.21. The molecule has 0 radical (unpaired) electrons. The molecular formula is C13H23N3O. The van der Waals surface area contributed by atoms with Crippen LogP contribution in [0.2, 0.25) is 0 Å². The predicted molar refractivity (Wildman–Crippen MR) is 70.8 cm³/mol. The molecule has 0 bridgehead atoms. The van der Waals surface area contributed by atoms with Gasteiger partial charge < -0.3 is 15.2 Å². The largest absolute Gasteiger partial charge is 0.397 e. The van der Waals surface area contributed by atoms with E-state index in [1.54, 1.807) is 16.8 Å². The highest BCUT2D eigenvalue weighted by molar-refractivity contribution is 5.94. The van der Waals surface area contributed by atoms with Crippen LogP contribution < -0.4 is 5.73 Å². The van der Waals surface area contributed by atoms with Gasteiger partial charge in [-0.1, -0.05) is 13.8 Å². The molecule has 4 heteroatoms. The highest BCUT2D eigenvalue weighted by atomic mass is 16.2. The van der Waals surface area contributed by atoms with Crippen molar-refractivity contribution in [3.8, 4) is 0 Å². The number of rotatable bonds is 4. The standard InChI is InChI=1S/C13H23N3O/c1-9(2)7-16(10(3)4)13(17)12-6-11(14)8-15(12)5/h6,8-10H,7,14H2,1-5H3. The molecule has 1 heterocycles. The van der Waals surface area contributed by atoms with Crippen molar-refractivity contribution in [2.45, 2.75) is 33.7 Å². The van der Waals surface area contributed by atoms with Crippen molar-refractivity contribution >= 4 is 11.6 Å². The van der Waals surface area contributed by atoms with E-state index in [-0.39, 0.29) is 11.9 Å². The topological polar surface area (TPSA) is 51.3 Å². The third-order valence-corrected chi connectivity index (χ3v) is 2.69. The normalized spacial score (nSPS) is 11.2. The van der Waals surface area contributed by atoms with Gasteiger partial charge in [0, 0.05) is 25.8 Å². The second-order valence-corrected chi connectivity index (χ2v) is 5.21. The maximum Gasteiger partial charge on any atom is 0.270 e. The molecule has 0 fully saturated rings. The predicted octanol–water partition coefficient (Wildman–Crippen LogP) is 2.11. The zero-order chi connectivity index (χ0) is 13.2. The Morgan fingerprint density at radius 2 is 2.00 bits per heavy atom. The summed E-state index contributed by atoms with van der Waals surface area (Å²) in [6.45, 7) is 9.06. The number of nitrogens with two attached hydrogens (primary N) is 1. The number of carbonyl (C=O) groups is 1. The molecule has 17 heavy (non-hydrogen) atoms. The highest BCUT2D eigenvalue weighted by Gasteiger charge is 2.22. The lowest BCUT2D eigenvalue weighted by molar-refractivity contribution is 0.0672. The molecule has 1 aromatic rings. The Morgan fingerprint density at radius 3 is 2.35 bits per heavy atom. The van der Waals surface area contributed by atoms with Gasteiger partial charge in [0.05, 0.1) is 5.69 Å². The van der Waals surface area contributed by atoms with Crippen LogP contribution >= 0.6 is 0 Å². The van der Waals surface area contributed by atoms with E-state index in [1.165, 1.54) is 0 Å². The van der Waals surface area contributed by atoms with Gasteiger partial charge >= 0.3 is 0 Å². The summed E-state index contributed by atoms with van der Waals surface area (Å²) in [6.07, 6.45) is 1.76. The van der Waals surface area contributed by atoms with Gasteiger partial charge in [-0.3, -0.25) is 4.79 Å². The Balaban J connectivity index is 2.95. The summed E-state index contributed by atoms with van der Waals surface area (Å²) >= 11 is 0. The molecule has 0 spiro atoms. The Hall–Kier alpha value is -1.45. The average molecular weight is 237 g/mol. The lowest BCUT2D eigenvalue weighted by atomic mass is 10.1. The van der Waals surface area contributed by atoms with Crippen molar-refractivity contribution in [1.29, 1.82) is 0 Å². The average Bonchev–Trinajstić information content (AvgIpc) is 2.52. The van der Waals surface area contributed by atoms with Crippen molar-refractivity contribution in [3.05, 3.63) is 18.0 Å². The number of hydrogen-bond donors (Lipinski definition) is 1. The van der Waals surface area contributed by atoms with Gasteiger partial charge in [-0.2, -0.15) is 0 Å². The Bertz CT molecular complexity index is 393. The maximum atomic E-state index is 12.4. The molecule has 0 saturated carbocycles. The third-order valence-electron chi connectivity index (χ3n) is 2.69. The number of amides is 1.